The number of nitrogens with zero attached hydrogens (tertiary/aromatic N) is 4. The second kappa shape index (κ2) is 7.98. The van der Waals surface area contributed by atoms with Crippen LogP contribution in [-0.2, 0) is 11.3 Å². The SMILES string of the molecule is CN(C)C1CCN(Cc2cc3sc(Cl)cc3c(N3CCOCC3)n2)CC1. The van der Waals surface area contributed by atoms with Crippen LogP contribution in [0.15, 0.2) is 12.1 Å². The van der Waals surface area contributed by atoms with Gasteiger partial charge in [-0.15, -0.1) is 11.3 Å². The summed E-state index contributed by atoms with van der Waals surface area (Å²) < 4.78 is 7.59. The lowest BCUT2D eigenvalue weighted by atomic mass is 10.0. The van der Waals surface area contributed by atoms with Crippen LogP contribution in [0, 0.1) is 0 Å². The van der Waals surface area contributed by atoms with Gasteiger partial charge in [0.15, 0.2) is 0 Å². The van der Waals surface area contributed by atoms with Crippen molar-refractivity contribution in [2.24, 2.45) is 0 Å². The Balaban J connectivity index is 1.55. The monoisotopic (exact) mass is 394 g/mol. The van der Waals surface area contributed by atoms with E-state index < -0.39 is 0 Å². The number of piperidine rings is 1. The molecule has 0 saturated carbocycles. The van der Waals surface area contributed by atoms with Crippen LogP contribution in [0.4, 0.5) is 5.82 Å². The second-order valence-corrected chi connectivity index (χ2v) is 9.18. The van der Waals surface area contributed by atoms with E-state index in [1.54, 1.807) is 11.3 Å². The molecule has 0 bridgehead atoms. The molecule has 0 spiro atoms. The summed E-state index contributed by atoms with van der Waals surface area (Å²) in [4.78, 5) is 12.3. The van der Waals surface area contributed by atoms with E-state index in [9.17, 15) is 0 Å². The molecule has 4 heterocycles. The first-order valence-corrected chi connectivity index (χ1v) is 10.6. The van der Waals surface area contributed by atoms with Crippen LogP contribution in [-0.4, -0.2) is 74.3 Å². The van der Waals surface area contributed by atoms with Crippen molar-refractivity contribution in [3.63, 3.8) is 0 Å². The Morgan fingerprint density at radius 3 is 2.62 bits per heavy atom. The van der Waals surface area contributed by atoms with Crippen LogP contribution in [0.1, 0.15) is 18.5 Å². The number of fused-ring (bicyclic) bond motifs is 1. The van der Waals surface area contributed by atoms with Crippen LogP contribution < -0.4 is 4.90 Å². The fourth-order valence-corrected chi connectivity index (χ4v) is 5.16. The molecule has 0 radical (unpaired) electrons. The van der Waals surface area contributed by atoms with Gasteiger partial charge in [0.2, 0.25) is 0 Å². The van der Waals surface area contributed by atoms with Crippen molar-refractivity contribution >= 4 is 38.8 Å². The van der Waals surface area contributed by atoms with Gasteiger partial charge in [-0.3, -0.25) is 4.90 Å². The number of thiophene rings is 1. The third-order valence-corrected chi connectivity index (χ3v) is 6.71. The number of morpholine rings is 1. The van der Waals surface area contributed by atoms with Crippen molar-refractivity contribution in [3.05, 3.63) is 22.2 Å². The molecule has 0 unspecified atom stereocenters. The molecule has 4 rings (SSSR count). The minimum absolute atomic E-state index is 0.710. The number of halogens is 1. The van der Waals surface area contributed by atoms with Crippen molar-refractivity contribution in [2.75, 3.05) is 58.4 Å². The van der Waals surface area contributed by atoms with Crippen LogP contribution in [0.25, 0.3) is 10.1 Å². The normalized spacial score (nSPS) is 20.4. The molecule has 2 aliphatic rings. The van der Waals surface area contributed by atoms with Crippen LogP contribution in [0.3, 0.4) is 0 Å². The Morgan fingerprint density at radius 1 is 1.19 bits per heavy atom. The number of anilines is 1. The molecular formula is C19H27ClN4OS. The first kappa shape index (κ1) is 18.4. The van der Waals surface area contributed by atoms with E-state index in [2.05, 4.69) is 40.9 Å². The number of aromatic nitrogens is 1. The van der Waals surface area contributed by atoms with Crippen molar-refractivity contribution in [3.8, 4) is 0 Å². The molecule has 2 aromatic heterocycles. The summed E-state index contributed by atoms with van der Waals surface area (Å²) in [7, 11) is 4.37. The van der Waals surface area contributed by atoms with Crippen LogP contribution in [0.5, 0.6) is 0 Å². The zero-order valence-corrected chi connectivity index (χ0v) is 17.2. The molecule has 2 aromatic rings. The van der Waals surface area contributed by atoms with E-state index in [0.717, 1.165) is 61.8 Å². The van der Waals surface area contributed by atoms with Gasteiger partial charge in [-0.1, -0.05) is 11.6 Å². The number of ether oxygens (including phenoxy) is 1. The summed E-state index contributed by atoms with van der Waals surface area (Å²) in [6.45, 7) is 6.53. The topological polar surface area (TPSA) is 31.8 Å². The highest BCUT2D eigenvalue weighted by Crippen LogP contribution is 2.36. The maximum Gasteiger partial charge on any atom is 0.137 e. The summed E-state index contributed by atoms with van der Waals surface area (Å²) in [6, 6.07) is 5.00. The Labute approximate surface area is 164 Å². The van der Waals surface area contributed by atoms with E-state index in [-0.39, 0.29) is 0 Å². The van der Waals surface area contributed by atoms with Gasteiger partial charge in [0.05, 0.1) is 23.2 Å². The summed E-state index contributed by atoms with van der Waals surface area (Å²) in [5.74, 6) is 1.08. The molecule has 0 aromatic carbocycles. The van der Waals surface area contributed by atoms with Gasteiger partial charge in [0.25, 0.3) is 0 Å². The largest absolute Gasteiger partial charge is 0.378 e. The van der Waals surface area contributed by atoms with E-state index in [1.165, 1.54) is 22.9 Å². The number of rotatable bonds is 4. The van der Waals surface area contributed by atoms with Crippen LogP contribution >= 0.6 is 22.9 Å². The van der Waals surface area contributed by atoms with E-state index in [0.29, 0.717) is 6.04 Å². The molecule has 0 atom stereocenters. The first-order chi connectivity index (χ1) is 12.6. The fraction of sp³-hybridized carbons (Fsp3) is 0.632. The molecule has 2 saturated heterocycles. The Hall–Kier alpha value is -0.920. The van der Waals surface area contributed by atoms with Crippen LogP contribution in [0.2, 0.25) is 4.34 Å². The predicted octanol–water partition coefficient (Wildman–Crippen LogP) is 3.31. The molecular weight excluding hydrogens is 368 g/mol. The molecule has 0 aliphatic carbocycles. The Morgan fingerprint density at radius 2 is 1.92 bits per heavy atom. The third kappa shape index (κ3) is 3.99. The van der Waals surface area contributed by atoms with Gasteiger partial charge in [-0.05, 0) is 39.1 Å². The number of likely N-dealkylation sites (tertiary alicyclic amines) is 1. The Kier molecular flexibility index (Phi) is 5.66. The summed E-state index contributed by atoms with van der Waals surface area (Å²) >= 11 is 7.97. The predicted molar refractivity (Wildman–Crippen MR) is 110 cm³/mol. The maximum absolute atomic E-state index is 6.32. The lowest BCUT2D eigenvalue weighted by molar-refractivity contribution is 0.122. The smallest absolute Gasteiger partial charge is 0.137 e. The molecule has 2 fully saturated rings. The zero-order valence-electron chi connectivity index (χ0n) is 15.6. The van der Waals surface area contributed by atoms with E-state index >= 15 is 0 Å². The summed E-state index contributed by atoms with van der Waals surface area (Å²) in [5, 5.41) is 1.18. The highest BCUT2D eigenvalue weighted by molar-refractivity contribution is 7.22. The molecule has 142 valence electrons. The molecule has 0 N–H and O–H groups in total. The van der Waals surface area contributed by atoms with E-state index in [1.807, 2.05) is 0 Å². The van der Waals surface area contributed by atoms with Crippen molar-refractivity contribution in [1.29, 1.82) is 0 Å². The third-order valence-electron chi connectivity index (χ3n) is 5.50. The minimum Gasteiger partial charge on any atom is -0.378 e. The zero-order chi connectivity index (χ0) is 18.1. The molecule has 7 heteroatoms. The van der Waals surface area contributed by atoms with Gasteiger partial charge < -0.3 is 14.5 Å². The van der Waals surface area contributed by atoms with Gasteiger partial charge in [-0.25, -0.2) is 4.98 Å². The molecule has 2 aliphatic heterocycles. The quantitative estimate of drug-likeness (QED) is 0.794. The van der Waals surface area contributed by atoms with Gasteiger partial charge >= 0.3 is 0 Å². The number of hydrogen-bond donors (Lipinski definition) is 0. The second-order valence-electron chi connectivity index (χ2n) is 7.47. The molecule has 0 amide bonds. The fourth-order valence-electron chi connectivity index (χ4n) is 3.96. The Bertz CT molecular complexity index is 751. The number of hydrogen-bond acceptors (Lipinski definition) is 6. The lowest BCUT2D eigenvalue weighted by Crippen LogP contribution is -2.41. The average Bonchev–Trinajstić information content (AvgIpc) is 3.02. The molecule has 5 nitrogen and oxygen atoms in total. The van der Waals surface area contributed by atoms with Gasteiger partial charge in [0.1, 0.15) is 5.82 Å². The molecule has 26 heavy (non-hydrogen) atoms. The number of pyridine rings is 1. The average molecular weight is 395 g/mol. The highest BCUT2D eigenvalue weighted by Gasteiger charge is 2.22. The van der Waals surface area contributed by atoms with Crippen molar-refractivity contribution in [1.82, 2.24) is 14.8 Å². The summed E-state index contributed by atoms with van der Waals surface area (Å²) in [5.41, 5.74) is 1.15. The van der Waals surface area contributed by atoms with Gasteiger partial charge in [-0.2, -0.15) is 0 Å². The maximum atomic E-state index is 6.32. The summed E-state index contributed by atoms with van der Waals surface area (Å²) in [6.07, 6.45) is 2.47. The first-order valence-electron chi connectivity index (χ1n) is 9.40. The lowest BCUT2D eigenvalue weighted by Gasteiger charge is -2.35. The standard InChI is InChI=1S/C19H27ClN4OS/c1-22(2)15-3-5-23(6-4-15)13-14-11-17-16(12-18(20)26-17)19(21-14)24-7-9-25-10-8-24/h11-12,15H,3-10,13H2,1-2H3. The van der Waals surface area contributed by atoms with Crippen molar-refractivity contribution < 1.29 is 4.74 Å². The minimum atomic E-state index is 0.710. The highest BCUT2D eigenvalue weighted by atomic mass is 35.5. The van der Waals surface area contributed by atoms with Gasteiger partial charge in [0, 0.05) is 48.9 Å². The van der Waals surface area contributed by atoms with E-state index in [4.69, 9.17) is 21.3 Å². The van der Waals surface area contributed by atoms with Crippen molar-refractivity contribution in [2.45, 2.75) is 25.4 Å².